The highest BCUT2D eigenvalue weighted by Crippen LogP contribution is 2.29. The number of nitrogens with zero attached hydrogens (tertiary/aromatic N) is 1. The Morgan fingerprint density at radius 1 is 1.03 bits per heavy atom. The summed E-state index contributed by atoms with van der Waals surface area (Å²) in [6.45, 7) is 0.178. The quantitative estimate of drug-likeness (QED) is 0.339. The van der Waals surface area contributed by atoms with Gasteiger partial charge in [-0.2, -0.15) is 18.3 Å². The standard InChI is InChI=1S/C22H15Cl2F3N2O2/c23-18-9-8-16(19(24)11-18)13-31-20-7-2-1-4-15(20)12-28-29-21(30)14-5-3-6-17(10-14)22(25,26)27/h1-12H,13H2,(H,29,30)/b28-12-. The summed E-state index contributed by atoms with van der Waals surface area (Å²) in [5.74, 6) is -0.292. The highest BCUT2D eigenvalue weighted by molar-refractivity contribution is 6.35. The normalized spacial score (nSPS) is 11.5. The van der Waals surface area contributed by atoms with Crippen LogP contribution < -0.4 is 10.2 Å². The molecule has 3 aromatic rings. The third-order valence-corrected chi connectivity index (χ3v) is 4.73. The first-order valence-electron chi connectivity index (χ1n) is 8.90. The molecule has 0 saturated heterocycles. The Morgan fingerprint density at radius 3 is 2.55 bits per heavy atom. The number of benzene rings is 3. The fourth-order valence-corrected chi connectivity index (χ4v) is 3.04. The van der Waals surface area contributed by atoms with Gasteiger partial charge in [0.05, 0.1) is 11.8 Å². The zero-order chi connectivity index (χ0) is 22.4. The number of halogens is 5. The Hall–Kier alpha value is -3.03. The molecule has 3 aromatic carbocycles. The van der Waals surface area contributed by atoms with Crippen molar-refractivity contribution in [2.45, 2.75) is 12.8 Å². The molecule has 0 heterocycles. The molecule has 9 heteroatoms. The van der Waals surface area contributed by atoms with Crippen molar-refractivity contribution in [3.8, 4) is 5.75 Å². The van der Waals surface area contributed by atoms with Gasteiger partial charge in [-0.25, -0.2) is 5.43 Å². The molecule has 31 heavy (non-hydrogen) atoms. The lowest BCUT2D eigenvalue weighted by atomic mass is 10.1. The van der Waals surface area contributed by atoms with Crippen molar-refractivity contribution in [2.24, 2.45) is 5.10 Å². The summed E-state index contributed by atoms with van der Waals surface area (Å²) in [4.78, 5) is 12.1. The molecule has 0 aromatic heterocycles. The van der Waals surface area contributed by atoms with E-state index >= 15 is 0 Å². The van der Waals surface area contributed by atoms with Crippen LogP contribution in [0.5, 0.6) is 5.75 Å². The number of hydrazone groups is 1. The predicted molar refractivity (Wildman–Crippen MR) is 114 cm³/mol. The van der Waals surface area contributed by atoms with Crippen molar-refractivity contribution in [3.63, 3.8) is 0 Å². The van der Waals surface area contributed by atoms with Crippen LogP contribution in [0.15, 0.2) is 71.8 Å². The highest BCUT2D eigenvalue weighted by atomic mass is 35.5. The van der Waals surface area contributed by atoms with Crippen LogP contribution in [-0.2, 0) is 12.8 Å². The number of amides is 1. The average Bonchev–Trinajstić information content (AvgIpc) is 2.73. The Morgan fingerprint density at radius 2 is 1.81 bits per heavy atom. The first kappa shape index (κ1) is 22.7. The van der Waals surface area contributed by atoms with Gasteiger partial charge in [0.25, 0.3) is 5.91 Å². The van der Waals surface area contributed by atoms with Gasteiger partial charge in [-0.3, -0.25) is 4.79 Å². The molecular formula is C22H15Cl2F3N2O2. The van der Waals surface area contributed by atoms with Crippen molar-refractivity contribution in [2.75, 3.05) is 0 Å². The molecule has 0 spiro atoms. The summed E-state index contributed by atoms with van der Waals surface area (Å²) in [6, 6.07) is 16.1. The van der Waals surface area contributed by atoms with Crippen LogP contribution in [-0.4, -0.2) is 12.1 Å². The number of carbonyl (C=O) groups is 1. The van der Waals surface area contributed by atoms with Gasteiger partial charge in [0.15, 0.2) is 0 Å². The van der Waals surface area contributed by atoms with Crippen molar-refractivity contribution < 1.29 is 22.7 Å². The number of hydrogen-bond donors (Lipinski definition) is 1. The molecule has 3 rings (SSSR count). The summed E-state index contributed by atoms with van der Waals surface area (Å²) in [5, 5.41) is 4.80. The van der Waals surface area contributed by atoms with Crippen molar-refractivity contribution in [1.29, 1.82) is 0 Å². The summed E-state index contributed by atoms with van der Waals surface area (Å²) in [7, 11) is 0. The lowest BCUT2D eigenvalue weighted by Gasteiger charge is -2.10. The topological polar surface area (TPSA) is 50.7 Å². The molecule has 0 atom stereocenters. The summed E-state index contributed by atoms with van der Waals surface area (Å²) >= 11 is 12.0. The average molecular weight is 467 g/mol. The molecular weight excluding hydrogens is 452 g/mol. The first-order chi connectivity index (χ1) is 14.7. The van der Waals surface area contributed by atoms with E-state index in [2.05, 4.69) is 10.5 Å². The van der Waals surface area contributed by atoms with Crippen molar-refractivity contribution >= 4 is 35.3 Å². The number of ether oxygens (including phenoxy) is 1. The number of rotatable bonds is 6. The van der Waals surface area contributed by atoms with E-state index in [0.29, 0.717) is 21.4 Å². The fourth-order valence-electron chi connectivity index (χ4n) is 2.57. The molecule has 0 bridgehead atoms. The Balaban J connectivity index is 1.67. The maximum atomic E-state index is 12.8. The minimum Gasteiger partial charge on any atom is -0.488 e. The van der Waals surface area contributed by atoms with Gasteiger partial charge in [-0.05, 0) is 42.5 Å². The summed E-state index contributed by atoms with van der Waals surface area (Å²) in [5.41, 5.74) is 2.43. The second-order valence-electron chi connectivity index (χ2n) is 6.34. The molecule has 0 radical (unpaired) electrons. The molecule has 0 aliphatic rings. The minimum absolute atomic E-state index is 0.158. The molecule has 1 N–H and O–H groups in total. The Labute approximate surface area is 186 Å². The van der Waals surface area contributed by atoms with Gasteiger partial charge < -0.3 is 4.74 Å². The maximum Gasteiger partial charge on any atom is 0.416 e. The zero-order valence-corrected chi connectivity index (χ0v) is 17.3. The van der Waals surface area contributed by atoms with Gasteiger partial charge in [0.2, 0.25) is 0 Å². The van der Waals surface area contributed by atoms with Gasteiger partial charge in [-0.1, -0.05) is 47.5 Å². The monoisotopic (exact) mass is 466 g/mol. The second-order valence-corrected chi connectivity index (χ2v) is 7.18. The zero-order valence-electron chi connectivity index (χ0n) is 15.8. The molecule has 160 valence electrons. The van der Waals surface area contributed by atoms with Crippen molar-refractivity contribution in [1.82, 2.24) is 5.43 Å². The predicted octanol–water partition coefficient (Wildman–Crippen LogP) is 6.36. The second kappa shape index (κ2) is 9.85. The number of para-hydroxylation sites is 1. The fraction of sp³-hybridized carbons (Fsp3) is 0.0909. The van der Waals surface area contributed by atoms with Crippen LogP contribution in [0, 0.1) is 0 Å². The Bertz CT molecular complexity index is 1120. The first-order valence-corrected chi connectivity index (χ1v) is 9.66. The highest BCUT2D eigenvalue weighted by Gasteiger charge is 2.30. The number of carbonyl (C=O) groups excluding carboxylic acids is 1. The molecule has 0 aliphatic heterocycles. The smallest absolute Gasteiger partial charge is 0.416 e. The van der Waals surface area contributed by atoms with Crippen molar-refractivity contribution in [3.05, 3.63) is 99.0 Å². The van der Waals surface area contributed by atoms with Crippen LogP contribution >= 0.6 is 23.2 Å². The van der Waals surface area contributed by atoms with E-state index in [1.54, 1.807) is 42.5 Å². The van der Waals surface area contributed by atoms with Crippen LogP contribution in [0.2, 0.25) is 10.0 Å². The lowest BCUT2D eigenvalue weighted by Crippen LogP contribution is -2.18. The van der Waals surface area contributed by atoms with E-state index in [4.69, 9.17) is 27.9 Å². The number of alkyl halides is 3. The van der Waals surface area contributed by atoms with E-state index in [-0.39, 0.29) is 12.2 Å². The SMILES string of the molecule is O=C(N/N=C\c1ccccc1OCc1ccc(Cl)cc1Cl)c1cccc(C(F)(F)F)c1. The Kier molecular flexibility index (Phi) is 7.20. The third kappa shape index (κ3) is 6.23. The van der Waals surface area contributed by atoms with Gasteiger partial charge in [0.1, 0.15) is 12.4 Å². The van der Waals surface area contributed by atoms with E-state index in [9.17, 15) is 18.0 Å². The van der Waals surface area contributed by atoms with Gasteiger partial charge >= 0.3 is 6.18 Å². The van der Waals surface area contributed by atoms with E-state index in [1.165, 1.54) is 12.3 Å². The molecule has 1 amide bonds. The van der Waals surface area contributed by atoms with E-state index < -0.39 is 17.6 Å². The van der Waals surface area contributed by atoms with Crippen LogP contribution in [0.1, 0.15) is 27.0 Å². The van der Waals surface area contributed by atoms with Gasteiger partial charge in [-0.15, -0.1) is 0 Å². The minimum atomic E-state index is -4.54. The van der Waals surface area contributed by atoms with Crippen LogP contribution in [0.3, 0.4) is 0 Å². The molecule has 4 nitrogen and oxygen atoms in total. The van der Waals surface area contributed by atoms with Crippen LogP contribution in [0.4, 0.5) is 13.2 Å². The summed E-state index contributed by atoms with van der Waals surface area (Å²) in [6.07, 6.45) is -3.20. The molecule has 0 fully saturated rings. The maximum absolute atomic E-state index is 12.8. The number of hydrogen-bond acceptors (Lipinski definition) is 3. The van der Waals surface area contributed by atoms with Gasteiger partial charge in [0, 0.05) is 26.7 Å². The largest absolute Gasteiger partial charge is 0.488 e. The third-order valence-electron chi connectivity index (χ3n) is 4.14. The van der Waals surface area contributed by atoms with E-state index in [0.717, 1.165) is 23.8 Å². The number of nitrogens with one attached hydrogen (secondary N) is 1. The molecule has 0 saturated carbocycles. The molecule has 0 aliphatic carbocycles. The summed E-state index contributed by atoms with van der Waals surface area (Å²) < 4.78 is 44.2. The van der Waals surface area contributed by atoms with E-state index in [1.807, 2.05) is 0 Å². The lowest BCUT2D eigenvalue weighted by molar-refractivity contribution is -0.137. The molecule has 0 unspecified atom stereocenters. The van der Waals surface area contributed by atoms with Crippen LogP contribution in [0.25, 0.3) is 0 Å².